The Labute approximate surface area is 97.2 Å². The first-order valence-electron chi connectivity index (χ1n) is 5.57. The van der Waals surface area contributed by atoms with Crippen LogP contribution in [0, 0.1) is 0 Å². The van der Waals surface area contributed by atoms with Crippen LogP contribution in [0.25, 0.3) is 0 Å². The van der Waals surface area contributed by atoms with Crippen LogP contribution < -0.4 is 0 Å². The minimum absolute atomic E-state index is 0.164. The van der Waals surface area contributed by atoms with Crippen LogP contribution in [0.3, 0.4) is 0 Å². The van der Waals surface area contributed by atoms with Gasteiger partial charge in [0.05, 0.1) is 11.9 Å². The predicted octanol–water partition coefficient (Wildman–Crippen LogP) is 1.75. The molecule has 1 atom stereocenters. The molecule has 1 unspecified atom stereocenters. The lowest BCUT2D eigenvalue weighted by molar-refractivity contribution is -0.127. The predicted molar refractivity (Wildman–Crippen MR) is 66.2 cm³/mol. The zero-order valence-corrected chi connectivity index (χ0v) is 10.8. The maximum Gasteiger partial charge on any atom is 0.232 e. The lowest BCUT2D eigenvalue weighted by Crippen LogP contribution is -2.30. The Morgan fingerprint density at radius 3 is 2.73 bits per heavy atom. The van der Waals surface area contributed by atoms with Crippen molar-refractivity contribution in [1.82, 2.24) is 4.90 Å². The van der Waals surface area contributed by atoms with E-state index in [1.54, 1.807) is 30.6 Å². The molecule has 1 N–H and O–H groups in total. The monoisotopic (exact) mass is 233 g/mol. The molecule has 0 aliphatic heterocycles. The number of amides is 1. The maximum absolute atomic E-state index is 11.5. The first-order chi connectivity index (χ1) is 7.07. The van der Waals surface area contributed by atoms with Gasteiger partial charge in [0.15, 0.2) is 0 Å². The van der Waals surface area contributed by atoms with Crippen molar-refractivity contribution in [1.29, 1.82) is 0 Å². The van der Waals surface area contributed by atoms with Crippen molar-refractivity contribution in [2.45, 2.75) is 39.2 Å². The lowest BCUT2D eigenvalue weighted by Gasteiger charge is -2.17. The Balaban J connectivity index is 3.51. The van der Waals surface area contributed by atoms with Crippen molar-refractivity contribution in [2.24, 2.45) is 0 Å². The van der Waals surface area contributed by atoms with E-state index in [0.717, 1.165) is 5.75 Å². The zero-order valence-electron chi connectivity index (χ0n) is 10.0. The van der Waals surface area contributed by atoms with E-state index in [2.05, 4.69) is 6.92 Å². The van der Waals surface area contributed by atoms with Crippen LogP contribution in [-0.2, 0) is 4.79 Å². The Morgan fingerprint density at radius 2 is 2.20 bits per heavy atom. The number of hydrogen-bond acceptors (Lipinski definition) is 3. The van der Waals surface area contributed by atoms with Gasteiger partial charge in [-0.15, -0.1) is 0 Å². The summed E-state index contributed by atoms with van der Waals surface area (Å²) in [4.78, 5) is 13.2. The normalized spacial score (nSPS) is 12.5. The second-order valence-electron chi connectivity index (χ2n) is 3.86. The molecular formula is C11H23NO2S. The van der Waals surface area contributed by atoms with Gasteiger partial charge in [-0.3, -0.25) is 4.79 Å². The molecule has 0 aliphatic rings. The van der Waals surface area contributed by atoms with E-state index in [-0.39, 0.29) is 12.0 Å². The van der Waals surface area contributed by atoms with Crippen LogP contribution in [-0.4, -0.2) is 47.1 Å². The Morgan fingerprint density at radius 1 is 1.53 bits per heavy atom. The van der Waals surface area contributed by atoms with Crippen molar-refractivity contribution in [2.75, 3.05) is 25.1 Å². The number of hydrogen-bond donors (Lipinski definition) is 1. The molecule has 0 aliphatic carbocycles. The summed E-state index contributed by atoms with van der Waals surface area (Å²) < 4.78 is 0. The highest BCUT2D eigenvalue weighted by Gasteiger charge is 2.08. The molecule has 0 saturated carbocycles. The molecule has 3 nitrogen and oxygen atoms in total. The van der Waals surface area contributed by atoms with Crippen molar-refractivity contribution in [3.63, 3.8) is 0 Å². The molecule has 15 heavy (non-hydrogen) atoms. The largest absolute Gasteiger partial charge is 0.393 e. The molecule has 0 radical (unpaired) electrons. The fourth-order valence-corrected chi connectivity index (χ4v) is 2.05. The molecule has 90 valence electrons. The minimum Gasteiger partial charge on any atom is -0.393 e. The fraction of sp³-hybridized carbons (Fsp3) is 0.909. The van der Waals surface area contributed by atoms with Crippen molar-refractivity contribution in [3.8, 4) is 0 Å². The van der Waals surface area contributed by atoms with E-state index in [0.29, 0.717) is 18.7 Å². The first kappa shape index (κ1) is 14.8. The fourth-order valence-electron chi connectivity index (χ4n) is 1.02. The molecule has 0 rings (SSSR count). The molecule has 0 spiro atoms. The molecule has 0 aromatic heterocycles. The van der Waals surface area contributed by atoms with Gasteiger partial charge >= 0.3 is 0 Å². The van der Waals surface area contributed by atoms with Gasteiger partial charge in [0.2, 0.25) is 5.91 Å². The van der Waals surface area contributed by atoms with E-state index in [9.17, 15) is 4.79 Å². The molecule has 0 heterocycles. The van der Waals surface area contributed by atoms with Gasteiger partial charge in [-0.05, 0) is 25.5 Å². The van der Waals surface area contributed by atoms with E-state index in [4.69, 9.17) is 5.11 Å². The summed E-state index contributed by atoms with van der Waals surface area (Å²) in [5.41, 5.74) is 0. The average Bonchev–Trinajstić information content (AvgIpc) is 2.20. The van der Waals surface area contributed by atoms with Crippen LogP contribution in [0.15, 0.2) is 0 Å². The summed E-state index contributed by atoms with van der Waals surface area (Å²) in [7, 11) is 1.80. The Bertz CT molecular complexity index is 174. The van der Waals surface area contributed by atoms with E-state index < -0.39 is 0 Å². The van der Waals surface area contributed by atoms with Crippen LogP contribution in [0.5, 0.6) is 0 Å². The highest BCUT2D eigenvalue weighted by molar-refractivity contribution is 7.99. The number of nitrogens with zero attached hydrogens (tertiary/aromatic N) is 1. The lowest BCUT2D eigenvalue weighted by atomic mass is 10.3. The van der Waals surface area contributed by atoms with Gasteiger partial charge in [-0.25, -0.2) is 0 Å². The van der Waals surface area contributed by atoms with Crippen LogP contribution >= 0.6 is 11.8 Å². The number of aliphatic hydroxyl groups is 1. The third-order valence-electron chi connectivity index (χ3n) is 2.18. The van der Waals surface area contributed by atoms with Crippen molar-refractivity contribution >= 4 is 17.7 Å². The molecule has 0 fully saturated rings. The number of rotatable bonds is 8. The summed E-state index contributed by atoms with van der Waals surface area (Å²) in [5.74, 6) is 1.79. The van der Waals surface area contributed by atoms with Gasteiger partial charge in [0.25, 0.3) is 0 Å². The summed E-state index contributed by atoms with van der Waals surface area (Å²) in [6.45, 7) is 4.54. The third kappa shape index (κ3) is 8.75. The second kappa shape index (κ2) is 9.04. The molecule has 1 amide bonds. The highest BCUT2D eigenvalue weighted by Crippen LogP contribution is 2.06. The average molecular weight is 233 g/mol. The highest BCUT2D eigenvalue weighted by atomic mass is 32.2. The van der Waals surface area contributed by atoms with Gasteiger partial charge in [-0.1, -0.05) is 13.3 Å². The summed E-state index contributed by atoms with van der Waals surface area (Å²) >= 11 is 1.69. The van der Waals surface area contributed by atoms with E-state index >= 15 is 0 Å². The van der Waals surface area contributed by atoms with Crippen LogP contribution in [0.2, 0.25) is 0 Å². The topological polar surface area (TPSA) is 40.5 Å². The number of aliphatic hydroxyl groups excluding tert-OH is 1. The summed E-state index contributed by atoms with van der Waals surface area (Å²) in [6, 6.07) is 0. The van der Waals surface area contributed by atoms with Gasteiger partial charge < -0.3 is 10.0 Å². The molecular weight excluding hydrogens is 210 g/mol. The van der Waals surface area contributed by atoms with E-state index in [1.165, 1.54) is 12.8 Å². The molecule has 0 aromatic rings. The molecule has 4 heteroatoms. The smallest absolute Gasteiger partial charge is 0.232 e. The first-order valence-corrected chi connectivity index (χ1v) is 6.73. The summed E-state index contributed by atoms with van der Waals surface area (Å²) in [5, 5.41) is 9.09. The van der Waals surface area contributed by atoms with Gasteiger partial charge in [0, 0.05) is 13.6 Å². The SMILES string of the molecule is CCCCSCC(=O)N(C)CCC(C)O. The molecule has 0 saturated heterocycles. The minimum atomic E-state index is -0.326. The van der Waals surface area contributed by atoms with Gasteiger partial charge in [0.1, 0.15) is 0 Å². The number of unbranched alkanes of at least 4 members (excludes halogenated alkanes) is 1. The Hall–Kier alpha value is -0.220. The maximum atomic E-state index is 11.5. The third-order valence-corrected chi connectivity index (χ3v) is 3.20. The quantitative estimate of drug-likeness (QED) is 0.649. The zero-order chi connectivity index (χ0) is 11.7. The van der Waals surface area contributed by atoms with Crippen LogP contribution in [0.4, 0.5) is 0 Å². The van der Waals surface area contributed by atoms with Crippen LogP contribution in [0.1, 0.15) is 33.1 Å². The standard InChI is InChI=1S/C11H23NO2S/c1-4-5-8-15-9-11(14)12(3)7-6-10(2)13/h10,13H,4-9H2,1-3H3. The number of carbonyl (C=O) groups is 1. The van der Waals surface area contributed by atoms with E-state index in [1.807, 2.05) is 0 Å². The van der Waals surface area contributed by atoms with Crippen molar-refractivity contribution < 1.29 is 9.90 Å². The number of thioether (sulfide) groups is 1. The second-order valence-corrected chi connectivity index (χ2v) is 4.96. The van der Waals surface area contributed by atoms with Crippen molar-refractivity contribution in [3.05, 3.63) is 0 Å². The van der Waals surface area contributed by atoms with Gasteiger partial charge in [-0.2, -0.15) is 11.8 Å². The number of carbonyl (C=O) groups excluding carboxylic acids is 1. The molecule has 0 aromatic carbocycles. The molecule has 0 bridgehead atoms. The Kier molecular flexibility index (Phi) is 8.91. The summed E-state index contributed by atoms with van der Waals surface area (Å²) in [6.07, 6.45) is 2.68.